The molecule has 2 heterocycles. The summed E-state index contributed by atoms with van der Waals surface area (Å²) in [6.45, 7) is 4.57. The normalized spacial score (nSPS) is 14.7. The Labute approximate surface area is 113 Å². The fourth-order valence-electron chi connectivity index (χ4n) is 2.02. The van der Waals surface area contributed by atoms with E-state index in [1.807, 2.05) is 0 Å². The van der Waals surface area contributed by atoms with Crippen molar-refractivity contribution in [3.8, 4) is 0 Å². The molecule has 0 saturated carbocycles. The van der Waals surface area contributed by atoms with Crippen LogP contribution >= 0.6 is 0 Å². The van der Waals surface area contributed by atoms with Crippen LogP contribution < -0.4 is 10.6 Å². The maximum Gasteiger partial charge on any atom is 0.339 e. The summed E-state index contributed by atoms with van der Waals surface area (Å²) in [5, 5.41) is 6.56. The van der Waals surface area contributed by atoms with E-state index >= 15 is 0 Å². The quantitative estimate of drug-likeness (QED) is 0.635. The van der Waals surface area contributed by atoms with Gasteiger partial charge in [-0.1, -0.05) is 11.6 Å². The SMILES string of the molecule is COC(=O)c1ccc(NCC2=CCNCC2)nc1C. The van der Waals surface area contributed by atoms with Gasteiger partial charge in [0.05, 0.1) is 18.4 Å². The minimum absolute atomic E-state index is 0.349. The van der Waals surface area contributed by atoms with Crippen LogP contribution in [-0.2, 0) is 4.74 Å². The molecule has 0 aliphatic carbocycles. The average Bonchev–Trinajstić information content (AvgIpc) is 2.45. The highest BCUT2D eigenvalue weighted by Crippen LogP contribution is 2.13. The highest BCUT2D eigenvalue weighted by atomic mass is 16.5. The number of aryl methyl sites for hydroxylation is 1. The van der Waals surface area contributed by atoms with Crippen LogP contribution in [0.3, 0.4) is 0 Å². The number of nitrogens with zero attached hydrogens (tertiary/aromatic N) is 1. The predicted molar refractivity (Wildman–Crippen MR) is 74.4 cm³/mol. The number of carbonyl (C=O) groups is 1. The lowest BCUT2D eigenvalue weighted by Gasteiger charge is -2.15. The molecular weight excluding hydrogens is 242 g/mol. The van der Waals surface area contributed by atoms with Crippen LogP contribution in [0, 0.1) is 6.92 Å². The summed E-state index contributed by atoms with van der Waals surface area (Å²) in [5.41, 5.74) is 2.57. The van der Waals surface area contributed by atoms with Crippen LogP contribution in [0.25, 0.3) is 0 Å². The monoisotopic (exact) mass is 261 g/mol. The Kier molecular flexibility index (Phi) is 4.52. The molecular formula is C14H19N3O2. The number of rotatable bonds is 4. The lowest BCUT2D eigenvalue weighted by Crippen LogP contribution is -2.23. The minimum atomic E-state index is -0.349. The van der Waals surface area contributed by atoms with E-state index in [1.54, 1.807) is 19.1 Å². The first kappa shape index (κ1) is 13.5. The van der Waals surface area contributed by atoms with Gasteiger partial charge in [-0.15, -0.1) is 0 Å². The first-order chi connectivity index (χ1) is 9.20. The Balaban J connectivity index is 2.00. The molecule has 0 saturated heterocycles. The van der Waals surface area contributed by atoms with E-state index in [0.717, 1.165) is 31.9 Å². The Bertz CT molecular complexity index is 497. The third kappa shape index (κ3) is 3.54. The molecule has 0 amide bonds. The number of ether oxygens (including phenoxy) is 1. The van der Waals surface area contributed by atoms with Crippen LogP contribution in [-0.4, -0.2) is 37.7 Å². The van der Waals surface area contributed by atoms with Gasteiger partial charge < -0.3 is 15.4 Å². The van der Waals surface area contributed by atoms with E-state index < -0.39 is 0 Å². The van der Waals surface area contributed by atoms with Crippen molar-refractivity contribution < 1.29 is 9.53 Å². The number of nitrogens with one attached hydrogen (secondary N) is 2. The maximum atomic E-state index is 11.5. The second kappa shape index (κ2) is 6.33. The second-order valence-electron chi connectivity index (χ2n) is 4.49. The number of anilines is 1. The van der Waals surface area contributed by atoms with Gasteiger partial charge in [-0.05, 0) is 32.0 Å². The zero-order valence-electron chi connectivity index (χ0n) is 11.3. The first-order valence-corrected chi connectivity index (χ1v) is 6.39. The van der Waals surface area contributed by atoms with Crippen molar-refractivity contribution in [3.63, 3.8) is 0 Å². The number of aromatic nitrogens is 1. The van der Waals surface area contributed by atoms with Gasteiger partial charge >= 0.3 is 5.97 Å². The molecule has 0 spiro atoms. The van der Waals surface area contributed by atoms with Crippen molar-refractivity contribution in [2.75, 3.05) is 32.1 Å². The smallest absolute Gasteiger partial charge is 0.339 e. The number of hydrogen-bond donors (Lipinski definition) is 2. The molecule has 2 N–H and O–H groups in total. The molecule has 5 heteroatoms. The lowest BCUT2D eigenvalue weighted by molar-refractivity contribution is 0.0599. The van der Waals surface area contributed by atoms with Gasteiger partial charge in [-0.3, -0.25) is 0 Å². The third-order valence-corrected chi connectivity index (χ3v) is 3.15. The average molecular weight is 261 g/mol. The molecule has 19 heavy (non-hydrogen) atoms. The predicted octanol–water partition coefficient (Wildman–Crippen LogP) is 1.51. The Hall–Kier alpha value is -1.88. The standard InChI is InChI=1S/C14H19N3O2/c1-10-12(14(18)19-2)3-4-13(17-10)16-9-11-5-7-15-8-6-11/h3-5,15H,6-9H2,1-2H3,(H,16,17). The Morgan fingerprint density at radius 3 is 3.00 bits per heavy atom. The van der Waals surface area contributed by atoms with Crippen LogP contribution in [0.15, 0.2) is 23.8 Å². The largest absolute Gasteiger partial charge is 0.465 e. The Morgan fingerprint density at radius 2 is 2.37 bits per heavy atom. The summed E-state index contributed by atoms with van der Waals surface area (Å²) in [4.78, 5) is 15.8. The van der Waals surface area contributed by atoms with E-state index in [1.165, 1.54) is 12.7 Å². The zero-order valence-corrected chi connectivity index (χ0v) is 11.3. The molecule has 1 aliphatic heterocycles. The molecule has 1 aromatic rings. The fraction of sp³-hybridized carbons (Fsp3) is 0.429. The number of hydrogen-bond acceptors (Lipinski definition) is 5. The molecule has 0 atom stereocenters. The van der Waals surface area contributed by atoms with Crippen LogP contribution in [0.4, 0.5) is 5.82 Å². The lowest BCUT2D eigenvalue weighted by atomic mass is 10.1. The zero-order chi connectivity index (χ0) is 13.7. The van der Waals surface area contributed by atoms with Crippen LogP contribution in [0.5, 0.6) is 0 Å². The molecule has 1 aromatic heterocycles. The van der Waals surface area contributed by atoms with Crippen LogP contribution in [0.1, 0.15) is 22.5 Å². The van der Waals surface area contributed by atoms with Gasteiger partial charge in [0, 0.05) is 13.1 Å². The molecule has 2 rings (SSSR count). The summed E-state index contributed by atoms with van der Waals surface area (Å²) in [6.07, 6.45) is 3.26. The molecule has 0 unspecified atom stereocenters. The van der Waals surface area contributed by atoms with Crippen molar-refractivity contribution >= 4 is 11.8 Å². The molecule has 5 nitrogen and oxygen atoms in total. The van der Waals surface area contributed by atoms with Gasteiger partial charge in [-0.2, -0.15) is 0 Å². The Morgan fingerprint density at radius 1 is 1.53 bits per heavy atom. The van der Waals surface area contributed by atoms with E-state index in [9.17, 15) is 4.79 Å². The van der Waals surface area contributed by atoms with Crippen LogP contribution in [0.2, 0.25) is 0 Å². The summed E-state index contributed by atoms with van der Waals surface area (Å²) in [7, 11) is 1.37. The van der Waals surface area contributed by atoms with E-state index in [2.05, 4.69) is 21.7 Å². The summed E-state index contributed by atoms with van der Waals surface area (Å²) in [5.74, 6) is 0.433. The number of esters is 1. The maximum absolute atomic E-state index is 11.5. The summed E-state index contributed by atoms with van der Waals surface area (Å²) in [6, 6.07) is 3.55. The second-order valence-corrected chi connectivity index (χ2v) is 4.49. The fourth-order valence-corrected chi connectivity index (χ4v) is 2.02. The summed E-state index contributed by atoms with van der Waals surface area (Å²) < 4.78 is 4.70. The summed E-state index contributed by atoms with van der Waals surface area (Å²) >= 11 is 0. The van der Waals surface area contributed by atoms with E-state index in [-0.39, 0.29) is 5.97 Å². The molecule has 0 fully saturated rings. The van der Waals surface area contributed by atoms with Crippen molar-refractivity contribution in [1.29, 1.82) is 0 Å². The van der Waals surface area contributed by atoms with Crippen molar-refractivity contribution in [1.82, 2.24) is 10.3 Å². The van der Waals surface area contributed by atoms with Gasteiger partial charge in [0.1, 0.15) is 5.82 Å². The van der Waals surface area contributed by atoms with E-state index in [0.29, 0.717) is 11.3 Å². The highest BCUT2D eigenvalue weighted by molar-refractivity contribution is 5.90. The molecule has 0 aromatic carbocycles. The van der Waals surface area contributed by atoms with Crippen molar-refractivity contribution in [3.05, 3.63) is 35.0 Å². The van der Waals surface area contributed by atoms with Gasteiger partial charge in [-0.25, -0.2) is 9.78 Å². The van der Waals surface area contributed by atoms with Gasteiger partial charge in [0.15, 0.2) is 0 Å². The molecule has 102 valence electrons. The molecule has 0 radical (unpaired) electrons. The van der Waals surface area contributed by atoms with Gasteiger partial charge in [0.25, 0.3) is 0 Å². The molecule has 1 aliphatic rings. The van der Waals surface area contributed by atoms with Crippen molar-refractivity contribution in [2.45, 2.75) is 13.3 Å². The third-order valence-electron chi connectivity index (χ3n) is 3.15. The topological polar surface area (TPSA) is 63.2 Å². The number of methoxy groups -OCH3 is 1. The van der Waals surface area contributed by atoms with Gasteiger partial charge in [0.2, 0.25) is 0 Å². The first-order valence-electron chi connectivity index (χ1n) is 6.39. The van der Waals surface area contributed by atoms with E-state index in [4.69, 9.17) is 4.74 Å². The highest BCUT2D eigenvalue weighted by Gasteiger charge is 2.10. The molecule has 0 bridgehead atoms. The number of pyridine rings is 1. The van der Waals surface area contributed by atoms with Crippen molar-refractivity contribution in [2.24, 2.45) is 0 Å². The minimum Gasteiger partial charge on any atom is -0.465 e. The number of carbonyl (C=O) groups excluding carboxylic acids is 1.